The van der Waals surface area contributed by atoms with Gasteiger partial charge in [-0.25, -0.2) is 0 Å². The Hall–Kier alpha value is -1.28. The Morgan fingerprint density at radius 1 is 1.18 bits per heavy atom. The zero-order valence-electron chi connectivity index (χ0n) is 15.0. The summed E-state index contributed by atoms with van der Waals surface area (Å²) in [5.74, 6) is 0.573. The van der Waals surface area contributed by atoms with E-state index in [4.69, 9.17) is 0 Å². The van der Waals surface area contributed by atoms with Gasteiger partial charge in [0.05, 0.1) is 10.5 Å². The van der Waals surface area contributed by atoms with E-state index in [1.54, 1.807) is 6.20 Å². The molecule has 0 unspecified atom stereocenters. The molecule has 0 N–H and O–H groups in total. The molecule has 0 saturated carbocycles. The van der Waals surface area contributed by atoms with E-state index in [2.05, 4.69) is 83.6 Å². The number of aliphatic imine (C=N–C) groups is 1. The second-order valence-corrected chi connectivity index (χ2v) is 8.17. The minimum Gasteiger partial charge on any atom is -0.260 e. The van der Waals surface area contributed by atoms with Crippen molar-refractivity contribution in [3.05, 3.63) is 58.6 Å². The van der Waals surface area contributed by atoms with Crippen LogP contribution < -0.4 is 0 Å². The van der Waals surface area contributed by atoms with Crippen LogP contribution >= 0.6 is 11.8 Å². The fraction of sp³-hybridized carbons (Fsp3) is 0.450. The topological polar surface area (TPSA) is 12.4 Å². The predicted molar refractivity (Wildman–Crippen MR) is 103 cm³/mol. The summed E-state index contributed by atoms with van der Waals surface area (Å²) in [6.45, 7) is 19.1. The first kappa shape index (κ1) is 18.8. The summed E-state index contributed by atoms with van der Waals surface area (Å²) in [6, 6.07) is 6.60. The second-order valence-electron chi connectivity index (χ2n) is 6.68. The predicted octanol–water partition coefficient (Wildman–Crippen LogP) is 6.31. The number of nitrogens with zero attached hydrogens (tertiary/aromatic N) is 1. The van der Waals surface area contributed by atoms with Crippen LogP contribution in [0.3, 0.4) is 0 Å². The molecular formula is C20H29NS. The van der Waals surface area contributed by atoms with Gasteiger partial charge >= 0.3 is 0 Å². The molecule has 0 saturated heterocycles. The molecule has 22 heavy (non-hydrogen) atoms. The lowest BCUT2D eigenvalue weighted by molar-refractivity contribution is 0.771. The van der Waals surface area contributed by atoms with Gasteiger partial charge in [0.1, 0.15) is 0 Å². The van der Waals surface area contributed by atoms with Crippen LogP contribution in [-0.4, -0.2) is 10.5 Å². The molecule has 0 aliphatic heterocycles. The maximum absolute atomic E-state index is 4.60. The first-order valence-corrected chi connectivity index (χ1v) is 8.67. The van der Waals surface area contributed by atoms with Gasteiger partial charge in [0.2, 0.25) is 0 Å². The second kappa shape index (κ2) is 7.82. The third-order valence-electron chi connectivity index (χ3n) is 3.74. The van der Waals surface area contributed by atoms with Crippen LogP contribution in [0.4, 0.5) is 0 Å². The number of allylic oxidation sites excluding steroid dienone is 1. The molecule has 0 radical (unpaired) electrons. The fourth-order valence-electron chi connectivity index (χ4n) is 2.21. The van der Waals surface area contributed by atoms with Gasteiger partial charge in [0, 0.05) is 6.20 Å². The summed E-state index contributed by atoms with van der Waals surface area (Å²) in [5, 5.41) is 2.27. The summed E-state index contributed by atoms with van der Waals surface area (Å²) < 4.78 is -0.107. The number of hydrogen-bond donors (Lipinski definition) is 0. The molecule has 0 aliphatic rings. The smallest absolute Gasteiger partial charge is 0.0634 e. The van der Waals surface area contributed by atoms with Crippen LogP contribution in [0.15, 0.2) is 47.0 Å². The maximum Gasteiger partial charge on any atom is 0.0634 e. The van der Waals surface area contributed by atoms with Crippen LogP contribution in [0.1, 0.15) is 51.3 Å². The van der Waals surface area contributed by atoms with Crippen LogP contribution in [0.5, 0.6) is 0 Å². The van der Waals surface area contributed by atoms with Crippen molar-refractivity contribution in [1.29, 1.82) is 0 Å². The Morgan fingerprint density at radius 2 is 1.73 bits per heavy atom. The molecule has 0 bridgehead atoms. The Bertz CT molecular complexity index is 571. The van der Waals surface area contributed by atoms with Crippen molar-refractivity contribution in [2.24, 2.45) is 10.9 Å². The quantitative estimate of drug-likeness (QED) is 0.560. The van der Waals surface area contributed by atoms with Gasteiger partial charge in [-0.05, 0) is 51.5 Å². The fourth-order valence-corrected chi connectivity index (χ4v) is 3.25. The lowest BCUT2D eigenvalue weighted by Gasteiger charge is -2.26. The summed E-state index contributed by atoms with van der Waals surface area (Å²) >= 11 is 1.83. The molecule has 0 fully saturated rings. The highest BCUT2D eigenvalue weighted by atomic mass is 32.2. The first-order chi connectivity index (χ1) is 10.2. The monoisotopic (exact) mass is 315 g/mol. The van der Waals surface area contributed by atoms with Crippen molar-refractivity contribution in [2.45, 2.75) is 53.2 Å². The number of hydrogen-bond acceptors (Lipinski definition) is 2. The highest BCUT2D eigenvalue weighted by Gasteiger charge is 2.26. The lowest BCUT2D eigenvalue weighted by Crippen LogP contribution is -2.28. The molecule has 0 atom stereocenters. The zero-order valence-corrected chi connectivity index (χ0v) is 15.8. The lowest BCUT2D eigenvalue weighted by atomic mass is 9.96. The van der Waals surface area contributed by atoms with Crippen molar-refractivity contribution < 1.29 is 0 Å². The summed E-state index contributed by atoms with van der Waals surface area (Å²) in [7, 11) is 0. The first-order valence-electron chi connectivity index (χ1n) is 7.79. The van der Waals surface area contributed by atoms with Crippen LogP contribution in [0.25, 0.3) is 0 Å². The Balaban J connectivity index is 3.22. The summed E-state index contributed by atoms with van der Waals surface area (Å²) in [5.41, 5.74) is 6.19. The largest absolute Gasteiger partial charge is 0.260 e. The van der Waals surface area contributed by atoms with Gasteiger partial charge < -0.3 is 0 Å². The van der Waals surface area contributed by atoms with E-state index in [-0.39, 0.29) is 4.75 Å². The molecule has 1 aromatic rings. The van der Waals surface area contributed by atoms with Gasteiger partial charge in [-0.3, -0.25) is 4.99 Å². The van der Waals surface area contributed by atoms with E-state index in [0.29, 0.717) is 5.92 Å². The van der Waals surface area contributed by atoms with E-state index < -0.39 is 0 Å². The van der Waals surface area contributed by atoms with E-state index in [0.717, 1.165) is 5.71 Å². The molecule has 0 amide bonds. The molecule has 1 aromatic carbocycles. The Morgan fingerprint density at radius 3 is 2.18 bits per heavy atom. The molecule has 0 aliphatic carbocycles. The van der Waals surface area contributed by atoms with Gasteiger partial charge in [0.15, 0.2) is 0 Å². The Kier molecular flexibility index (Phi) is 6.67. The van der Waals surface area contributed by atoms with Gasteiger partial charge in [-0.1, -0.05) is 55.3 Å². The third kappa shape index (κ3) is 5.17. The average Bonchev–Trinajstić information content (AvgIpc) is 2.40. The number of rotatable bonds is 6. The zero-order chi connectivity index (χ0) is 16.9. The summed E-state index contributed by atoms with van der Waals surface area (Å²) in [6.07, 6.45) is 1.65. The van der Waals surface area contributed by atoms with Crippen molar-refractivity contribution in [3.8, 4) is 0 Å². The third-order valence-corrected chi connectivity index (χ3v) is 5.01. The van der Waals surface area contributed by atoms with Crippen molar-refractivity contribution in [3.63, 3.8) is 0 Å². The summed E-state index contributed by atoms with van der Waals surface area (Å²) in [4.78, 5) is 4.60. The SMILES string of the molecule is C=CN=C(c1cc(C)cc(C)c1)C(C)(C)S/C=C(\C)C(C)C. The molecule has 120 valence electrons. The highest BCUT2D eigenvalue weighted by Crippen LogP contribution is 2.33. The molecular weight excluding hydrogens is 286 g/mol. The van der Waals surface area contributed by atoms with Crippen LogP contribution in [-0.2, 0) is 0 Å². The van der Waals surface area contributed by atoms with Gasteiger partial charge in [-0.15, -0.1) is 11.8 Å². The molecule has 0 heterocycles. The standard InChI is InChI=1S/C20H29NS/c1-9-21-19(18-11-15(4)10-16(5)12-18)20(7,8)22-13-17(6)14(2)3/h9-14H,1H2,2-8H3/b17-13+,21-19?. The van der Waals surface area contributed by atoms with E-state index >= 15 is 0 Å². The number of benzene rings is 1. The number of thioether (sulfide) groups is 1. The van der Waals surface area contributed by atoms with Crippen molar-refractivity contribution in [1.82, 2.24) is 0 Å². The molecule has 0 aromatic heterocycles. The maximum atomic E-state index is 4.60. The van der Waals surface area contributed by atoms with Crippen LogP contribution in [0.2, 0.25) is 0 Å². The van der Waals surface area contributed by atoms with E-state index in [9.17, 15) is 0 Å². The molecule has 2 heteroatoms. The number of aryl methyl sites for hydroxylation is 2. The average molecular weight is 316 g/mol. The molecule has 1 rings (SSSR count). The van der Waals surface area contributed by atoms with E-state index in [1.807, 2.05) is 11.8 Å². The van der Waals surface area contributed by atoms with Crippen molar-refractivity contribution in [2.75, 3.05) is 0 Å². The minimum absolute atomic E-state index is 0.107. The minimum atomic E-state index is -0.107. The van der Waals surface area contributed by atoms with Gasteiger partial charge in [0.25, 0.3) is 0 Å². The molecule has 0 spiro atoms. The Labute approximate surface area is 140 Å². The normalized spacial score (nSPS) is 13.6. The van der Waals surface area contributed by atoms with Gasteiger partial charge in [-0.2, -0.15) is 0 Å². The van der Waals surface area contributed by atoms with Crippen LogP contribution in [0, 0.1) is 19.8 Å². The molecule has 1 nitrogen and oxygen atoms in total. The van der Waals surface area contributed by atoms with Crippen molar-refractivity contribution >= 4 is 17.5 Å². The highest BCUT2D eigenvalue weighted by molar-refractivity contribution is 8.04. The van der Waals surface area contributed by atoms with E-state index in [1.165, 1.54) is 22.3 Å².